The summed E-state index contributed by atoms with van der Waals surface area (Å²) in [6, 6.07) is 5.29. The minimum atomic E-state index is -0.340. The first kappa shape index (κ1) is 10.5. The van der Waals surface area contributed by atoms with E-state index in [0.29, 0.717) is 12.2 Å². The van der Waals surface area contributed by atoms with E-state index >= 15 is 0 Å². The Kier molecular flexibility index (Phi) is 3.10. The van der Waals surface area contributed by atoms with Gasteiger partial charge in [0, 0.05) is 24.5 Å². The summed E-state index contributed by atoms with van der Waals surface area (Å²) >= 11 is 0. The van der Waals surface area contributed by atoms with Crippen LogP contribution in [0.15, 0.2) is 36.8 Å². The number of hydrogen-bond donors (Lipinski definition) is 1. The second-order valence-electron chi connectivity index (χ2n) is 3.49. The van der Waals surface area contributed by atoms with Gasteiger partial charge in [-0.3, -0.25) is 9.97 Å². The molecular formula is C12H12FN3. The Morgan fingerprint density at radius 2 is 2.25 bits per heavy atom. The van der Waals surface area contributed by atoms with Crippen LogP contribution < -0.4 is 5.32 Å². The molecular weight excluding hydrogens is 205 g/mol. The average molecular weight is 217 g/mol. The van der Waals surface area contributed by atoms with Gasteiger partial charge in [0.2, 0.25) is 0 Å². The summed E-state index contributed by atoms with van der Waals surface area (Å²) in [7, 11) is 0. The van der Waals surface area contributed by atoms with Gasteiger partial charge in [-0.1, -0.05) is 6.07 Å². The number of nitrogens with one attached hydrogen (secondary N) is 1. The lowest BCUT2D eigenvalue weighted by Gasteiger charge is -2.07. The molecule has 0 saturated heterocycles. The van der Waals surface area contributed by atoms with Crippen molar-refractivity contribution in [1.29, 1.82) is 0 Å². The molecule has 3 nitrogen and oxygen atoms in total. The second kappa shape index (κ2) is 4.70. The quantitative estimate of drug-likeness (QED) is 0.858. The highest BCUT2D eigenvalue weighted by Gasteiger charge is 1.99. The van der Waals surface area contributed by atoms with Crippen LogP contribution >= 0.6 is 0 Å². The molecule has 0 unspecified atom stereocenters. The van der Waals surface area contributed by atoms with Crippen LogP contribution in [0.25, 0.3) is 0 Å². The van der Waals surface area contributed by atoms with Crippen molar-refractivity contribution in [3.63, 3.8) is 0 Å². The Bertz CT molecular complexity index is 485. The Morgan fingerprint density at radius 3 is 3.00 bits per heavy atom. The van der Waals surface area contributed by atoms with Crippen molar-refractivity contribution < 1.29 is 4.39 Å². The zero-order valence-electron chi connectivity index (χ0n) is 8.94. The number of rotatable bonds is 3. The second-order valence-corrected chi connectivity index (χ2v) is 3.49. The molecule has 0 aliphatic heterocycles. The van der Waals surface area contributed by atoms with Crippen LogP contribution in [0.4, 0.5) is 10.1 Å². The molecule has 82 valence electrons. The van der Waals surface area contributed by atoms with E-state index in [-0.39, 0.29) is 5.82 Å². The highest BCUT2D eigenvalue weighted by atomic mass is 19.1. The Morgan fingerprint density at radius 1 is 1.38 bits per heavy atom. The fourth-order valence-electron chi connectivity index (χ4n) is 1.41. The van der Waals surface area contributed by atoms with Crippen LogP contribution in [0.3, 0.4) is 0 Å². The summed E-state index contributed by atoms with van der Waals surface area (Å²) in [5.74, 6) is -0.340. The third kappa shape index (κ3) is 2.53. The van der Waals surface area contributed by atoms with Gasteiger partial charge in [-0.25, -0.2) is 4.39 Å². The van der Waals surface area contributed by atoms with Crippen molar-refractivity contribution in [2.24, 2.45) is 0 Å². The molecule has 2 aromatic rings. The Labute approximate surface area is 93.4 Å². The number of halogens is 1. The molecule has 2 aromatic heterocycles. The van der Waals surface area contributed by atoms with E-state index < -0.39 is 0 Å². The van der Waals surface area contributed by atoms with Gasteiger partial charge < -0.3 is 5.32 Å². The molecule has 0 atom stereocenters. The topological polar surface area (TPSA) is 37.8 Å². The number of hydrogen-bond acceptors (Lipinski definition) is 3. The van der Waals surface area contributed by atoms with Crippen molar-refractivity contribution >= 4 is 5.69 Å². The van der Waals surface area contributed by atoms with Gasteiger partial charge >= 0.3 is 0 Å². The molecule has 0 aliphatic carbocycles. The third-order valence-electron chi connectivity index (χ3n) is 2.30. The maximum atomic E-state index is 12.9. The summed E-state index contributed by atoms with van der Waals surface area (Å²) in [4.78, 5) is 7.95. The van der Waals surface area contributed by atoms with Crippen molar-refractivity contribution in [2.45, 2.75) is 13.5 Å². The molecule has 1 N–H and O–H groups in total. The highest BCUT2D eigenvalue weighted by molar-refractivity contribution is 5.41. The van der Waals surface area contributed by atoms with Crippen LogP contribution in [-0.4, -0.2) is 9.97 Å². The fourth-order valence-corrected chi connectivity index (χ4v) is 1.41. The maximum absolute atomic E-state index is 12.9. The molecule has 0 spiro atoms. The van der Waals surface area contributed by atoms with Crippen LogP contribution in [0.5, 0.6) is 0 Å². The zero-order valence-corrected chi connectivity index (χ0v) is 8.94. The lowest BCUT2D eigenvalue weighted by molar-refractivity contribution is 0.622. The fraction of sp³-hybridized carbons (Fsp3) is 0.167. The first-order chi connectivity index (χ1) is 7.75. The lowest BCUT2D eigenvalue weighted by atomic mass is 10.2. The van der Waals surface area contributed by atoms with E-state index in [9.17, 15) is 4.39 Å². The number of aryl methyl sites for hydroxylation is 1. The van der Waals surface area contributed by atoms with E-state index in [2.05, 4.69) is 15.3 Å². The minimum Gasteiger partial charge on any atom is -0.380 e. The van der Waals surface area contributed by atoms with Gasteiger partial charge in [-0.15, -0.1) is 0 Å². The molecule has 4 heteroatoms. The van der Waals surface area contributed by atoms with Crippen molar-refractivity contribution in [3.05, 3.63) is 53.9 Å². The highest BCUT2D eigenvalue weighted by Crippen LogP contribution is 2.10. The first-order valence-electron chi connectivity index (χ1n) is 5.00. The number of aromatic nitrogens is 2. The summed E-state index contributed by atoms with van der Waals surface area (Å²) < 4.78 is 12.9. The van der Waals surface area contributed by atoms with Crippen LogP contribution in [0.1, 0.15) is 11.3 Å². The Balaban J connectivity index is 2.05. The predicted molar refractivity (Wildman–Crippen MR) is 60.5 cm³/mol. The van der Waals surface area contributed by atoms with Gasteiger partial charge in [0.25, 0.3) is 0 Å². The van der Waals surface area contributed by atoms with Crippen molar-refractivity contribution in [3.8, 4) is 0 Å². The molecule has 2 rings (SSSR count). The zero-order chi connectivity index (χ0) is 11.4. The molecule has 0 radical (unpaired) electrons. The van der Waals surface area contributed by atoms with E-state index in [0.717, 1.165) is 11.3 Å². The van der Waals surface area contributed by atoms with Gasteiger partial charge in [0.1, 0.15) is 5.82 Å². The third-order valence-corrected chi connectivity index (χ3v) is 2.30. The van der Waals surface area contributed by atoms with E-state index in [4.69, 9.17) is 0 Å². The standard InChI is InChI=1S/C12H12FN3/c1-9-10(3-2-4-15-9)6-16-12-5-11(13)7-14-8-12/h2-5,7-8,16H,6H2,1H3. The predicted octanol–water partition coefficient (Wildman–Crippen LogP) is 2.54. The first-order valence-corrected chi connectivity index (χ1v) is 5.00. The SMILES string of the molecule is Cc1ncccc1CNc1cncc(F)c1. The van der Waals surface area contributed by atoms with E-state index in [1.54, 1.807) is 12.4 Å². The molecule has 0 aliphatic rings. The van der Waals surface area contributed by atoms with Gasteiger partial charge in [-0.2, -0.15) is 0 Å². The summed E-state index contributed by atoms with van der Waals surface area (Å²) in [6.07, 6.45) is 4.53. The molecule has 16 heavy (non-hydrogen) atoms. The smallest absolute Gasteiger partial charge is 0.143 e. The normalized spacial score (nSPS) is 10.1. The molecule has 0 fully saturated rings. The van der Waals surface area contributed by atoms with Crippen molar-refractivity contribution in [2.75, 3.05) is 5.32 Å². The number of nitrogens with zero attached hydrogens (tertiary/aromatic N) is 2. The summed E-state index contributed by atoms with van der Waals surface area (Å²) in [5, 5.41) is 3.10. The number of pyridine rings is 2. The maximum Gasteiger partial charge on any atom is 0.143 e. The molecule has 0 aromatic carbocycles. The largest absolute Gasteiger partial charge is 0.380 e. The van der Waals surface area contributed by atoms with E-state index in [1.165, 1.54) is 12.3 Å². The van der Waals surface area contributed by atoms with E-state index in [1.807, 2.05) is 19.1 Å². The van der Waals surface area contributed by atoms with Gasteiger partial charge in [0.15, 0.2) is 0 Å². The van der Waals surface area contributed by atoms with Crippen LogP contribution in [0, 0.1) is 12.7 Å². The molecule has 2 heterocycles. The summed E-state index contributed by atoms with van der Waals surface area (Å²) in [6.45, 7) is 2.56. The van der Waals surface area contributed by atoms with Crippen LogP contribution in [0.2, 0.25) is 0 Å². The summed E-state index contributed by atoms with van der Waals surface area (Å²) in [5.41, 5.74) is 2.73. The molecule has 0 saturated carbocycles. The lowest BCUT2D eigenvalue weighted by Crippen LogP contribution is -2.02. The van der Waals surface area contributed by atoms with Gasteiger partial charge in [-0.05, 0) is 18.6 Å². The number of anilines is 1. The van der Waals surface area contributed by atoms with Gasteiger partial charge in [0.05, 0.1) is 18.1 Å². The average Bonchev–Trinajstić information content (AvgIpc) is 2.28. The molecule has 0 amide bonds. The van der Waals surface area contributed by atoms with Crippen LogP contribution in [-0.2, 0) is 6.54 Å². The molecule has 0 bridgehead atoms. The minimum absolute atomic E-state index is 0.340. The van der Waals surface area contributed by atoms with Crippen molar-refractivity contribution in [1.82, 2.24) is 9.97 Å². The monoisotopic (exact) mass is 217 g/mol. The Hall–Kier alpha value is -1.97.